The average Bonchev–Trinajstić information content (AvgIpc) is 2.08. The molecule has 0 saturated carbocycles. The Morgan fingerprint density at radius 3 is 2.25 bits per heavy atom. The maximum absolute atomic E-state index is 10.1. The van der Waals surface area contributed by atoms with Crippen molar-refractivity contribution in [2.45, 2.75) is 25.3 Å². The number of rotatable bonds is 5. The van der Waals surface area contributed by atoms with Gasteiger partial charge in [0.25, 0.3) is 0 Å². The monoisotopic (exact) mass is 174 g/mol. The second-order valence-electron chi connectivity index (χ2n) is 2.23. The van der Waals surface area contributed by atoms with Gasteiger partial charge in [0, 0.05) is 0 Å². The molecular weight excluding hydrogens is 156 g/mol. The van der Waals surface area contributed by atoms with Crippen molar-refractivity contribution in [3.05, 3.63) is 13.2 Å². The normalized spacial score (nSPS) is 11.2. The molecule has 0 saturated heterocycles. The fourth-order valence-electron chi connectivity index (χ4n) is 0.632. The SMILES string of the molecule is C=C.NCCCCC(N)C(=O)O. The molecule has 4 heteroatoms. The number of aliphatic carboxylic acids is 1. The Morgan fingerprint density at radius 2 is 1.92 bits per heavy atom. The highest BCUT2D eigenvalue weighted by Crippen LogP contribution is 1.96. The van der Waals surface area contributed by atoms with Gasteiger partial charge in [0.1, 0.15) is 6.04 Å². The molecule has 0 fully saturated rings. The molecule has 0 aromatic carbocycles. The molecule has 0 aromatic rings. The van der Waals surface area contributed by atoms with E-state index in [0.717, 1.165) is 12.8 Å². The molecule has 5 N–H and O–H groups in total. The van der Waals surface area contributed by atoms with Gasteiger partial charge in [-0.25, -0.2) is 0 Å². The van der Waals surface area contributed by atoms with Gasteiger partial charge >= 0.3 is 5.97 Å². The van der Waals surface area contributed by atoms with Gasteiger partial charge in [0.05, 0.1) is 0 Å². The summed E-state index contributed by atoms with van der Waals surface area (Å²) in [5.41, 5.74) is 10.4. The predicted molar refractivity (Wildman–Crippen MR) is 49.8 cm³/mol. The van der Waals surface area contributed by atoms with E-state index in [-0.39, 0.29) is 0 Å². The van der Waals surface area contributed by atoms with Crippen molar-refractivity contribution in [3.8, 4) is 0 Å². The van der Waals surface area contributed by atoms with Crippen LogP contribution in [-0.2, 0) is 4.79 Å². The molecular formula is C8H18N2O2. The lowest BCUT2D eigenvalue weighted by Gasteiger charge is -2.03. The summed E-state index contributed by atoms with van der Waals surface area (Å²) in [4.78, 5) is 10.1. The minimum absolute atomic E-state index is 0.520. The van der Waals surface area contributed by atoms with Crippen LogP contribution in [0.15, 0.2) is 13.2 Å². The van der Waals surface area contributed by atoms with E-state index in [2.05, 4.69) is 13.2 Å². The van der Waals surface area contributed by atoms with Crippen LogP contribution >= 0.6 is 0 Å². The van der Waals surface area contributed by atoms with Crippen LogP contribution in [0.3, 0.4) is 0 Å². The lowest BCUT2D eigenvalue weighted by Crippen LogP contribution is -2.29. The van der Waals surface area contributed by atoms with Gasteiger partial charge in [0.2, 0.25) is 0 Å². The molecule has 1 atom stereocenters. The molecule has 0 amide bonds. The standard InChI is InChI=1S/C6H14N2O2.C2H4/c7-4-2-1-3-5(8)6(9)10;1-2/h5H,1-4,7-8H2,(H,9,10);1-2H2. The van der Waals surface area contributed by atoms with E-state index in [1.807, 2.05) is 0 Å². The molecule has 0 rings (SSSR count). The third-order valence-electron chi connectivity index (χ3n) is 1.29. The van der Waals surface area contributed by atoms with E-state index in [9.17, 15) is 4.79 Å². The number of carboxylic acids is 1. The topological polar surface area (TPSA) is 89.3 Å². The second-order valence-corrected chi connectivity index (χ2v) is 2.23. The highest BCUT2D eigenvalue weighted by atomic mass is 16.4. The molecule has 0 aromatic heterocycles. The Labute approximate surface area is 73.2 Å². The molecule has 0 spiro atoms. The van der Waals surface area contributed by atoms with E-state index in [1.165, 1.54) is 0 Å². The largest absolute Gasteiger partial charge is 0.480 e. The average molecular weight is 174 g/mol. The Kier molecular flexibility index (Phi) is 11.6. The maximum Gasteiger partial charge on any atom is 0.320 e. The third-order valence-corrected chi connectivity index (χ3v) is 1.29. The van der Waals surface area contributed by atoms with Crippen LogP contribution in [0, 0.1) is 0 Å². The van der Waals surface area contributed by atoms with Gasteiger partial charge in [-0.15, -0.1) is 13.2 Å². The molecule has 1 unspecified atom stereocenters. The summed E-state index contributed by atoms with van der Waals surface area (Å²) in [5, 5.41) is 8.33. The van der Waals surface area contributed by atoms with Crippen LogP contribution in [0.5, 0.6) is 0 Å². The van der Waals surface area contributed by atoms with Crippen LogP contribution in [0.25, 0.3) is 0 Å². The first-order chi connectivity index (χ1) is 5.68. The molecule has 0 heterocycles. The summed E-state index contributed by atoms with van der Waals surface area (Å²) in [7, 11) is 0. The second kappa shape index (κ2) is 10.1. The Morgan fingerprint density at radius 1 is 1.42 bits per heavy atom. The summed E-state index contributed by atoms with van der Waals surface area (Å²) in [6.45, 7) is 6.60. The quantitative estimate of drug-likeness (QED) is 0.414. The molecule has 12 heavy (non-hydrogen) atoms. The van der Waals surface area contributed by atoms with E-state index >= 15 is 0 Å². The number of carboxylic acid groups (broad SMARTS) is 1. The van der Waals surface area contributed by atoms with Crippen LogP contribution in [0.2, 0.25) is 0 Å². The Balaban J connectivity index is 0. The first kappa shape index (κ1) is 13.7. The first-order valence-corrected chi connectivity index (χ1v) is 3.87. The summed E-state index contributed by atoms with van der Waals surface area (Å²) >= 11 is 0. The molecule has 0 aliphatic heterocycles. The number of hydrogen-bond donors (Lipinski definition) is 3. The minimum atomic E-state index is -0.933. The van der Waals surface area contributed by atoms with Crippen LogP contribution < -0.4 is 11.5 Å². The third kappa shape index (κ3) is 9.13. The Bertz CT molecular complexity index is 118. The van der Waals surface area contributed by atoms with Crippen molar-refractivity contribution in [1.82, 2.24) is 0 Å². The summed E-state index contributed by atoms with van der Waals surface area (Å²) < 4.78 is 0. The van der Waals surface area contributed by atoms with Crippen molar-refractivity contribution < 1.29 is 9.90 Å². The summed E-state index contributed by atoms with van der Waals surface area (Å²) in [6, 6.07) is -0.716. The van der Waals surface area contributed by atoms with Crippen molar-refractivity contribution in [3.63, 3.8) is 0 Å². The smallest absolute Gasteiger partial charge is 0.320 e. The fourth-order valence-corrected chi connectivity index (χ4v) is 0.632. The molecule has 0 aliphatic carbocycles. The van der Waals surface area contributed by atoms with Gasteiger partial charge in [-0.1, -0.05) is 6.42 Å². The highest BCUT2D eigenvalue weighted by Gasteiger charge is 2.09. The van der Waals surface area contributed by atoms with Crippen molar-refractivity contribution in [1.29, 1.82) is 0 Å². The van der Waals surface area contributed by atoms with E-state index in [4.69, 9.17) is 16.6 Å². The van der Waals surface area contributed by atoms with Gasteiger partial charge < -0.3 is 16.6 Å². The van der Waals surface area contributed by atoms with Crippen molar-refractivity contribution in [2.75, 3.05) is 6.54 Å². The van der Waals surface area contributed by atoms with E-state index in [0.29, 0.717) is 13.0 Å². The van der Waals surface area contributed by atoms with E-state index in [1.54, 1.807) is 0 Å². The van der Waals surface area contributed by atoms with Crippen molar-refractivity contribution >= 4 is 5.97 Å². The minimum Gasteiger partial charge on any atom is -0.480 e. The first-order valence-electron chi connectivity index (χ1n) is 3.87. The summed E-state index contributed by atoms with van der Waals surface area (Å²) in [6.07, 6.45) is 2.16. The number of nitrogens with two attached hydrogens (primary N) is 2. The fraction of sp³-hybridized carbons (Fsp3) is 0.625. The molecule has 4 nitrogen and oxygen atoms in total. The lowest BCUT2D eigenvalue weighted by molar-refractivity contribution is -0.138. The van der Waals surface area contributed by atoms with Crippen LogP contribution in [0.1, 0.15) is 19.3 Å². The summed E-state index contributed by atoms with van der Waals surface area (Å²) in [5.74, 6) is -0.933. The van der Waals surface area contributed by atoms with Crippen molar-refractivity contribution in [2.24, 2.45) is 11.5 Å². The van der Waals surface area contributed by atoms with Gasteiger partial charge in [0.15, 0.2) is 0 Å². The molecule has 0 radical (unpaired) electrons. The highest BCUT2D eigenvalue weighted by molar-refractivity contribution is 5.72. The van der Waals surface area contributed by atoms with Crippen LogP contribution in [-0.4, -0.2) is 23.7 Å². The zero-order chi connectivity index (χ0) is 9.98. The van der Waals surface area contributed by atoms with E-state index < -0.39 is 12.0 Å². The number of carbonyl (C=O) groups is 1. The van der Waals surface area contributed by atoms with Gasteiger partial charge in [-0.05, 0) is 19.4 Å². The zero-order valence-electron chi connectivity index (χ0n) is 7.33. The van der Waals surface area contributed by atoms with Crippen LogP contribution in [0.4, 0.5) is 0 Å². The van der Waals surface area contributed by atoms with Gasteiger partial charge in [-0.2, -0.15) is 0 Å². The predicted octanol–water partition coefficient (Wildman–Crippen LogP) is 0.330. The lowest BCUT2D eigenvalue weighted by atomic mass is 10.1. The molecule has 0 bridgehead atoms. The van der Waals surface area contributed by atoms with Gasteiger partial charge in [-0.3, -0.25) is 4.79 Å². The molecule has 0 aliphatic rings. The Hall–Kier alpha value is -0.870. The maximum atomic E-state index is 10.1. The zero-order valence-corrected chi connectivity index (χ0v) is 7.33. The number of unbranched alkanes of at least 4 members (excludes halogenated alkanes) is 1. The number of hydrogen-bond acceptors (Lipinski definition) is 3. The molecule has 72 valence electrons.